The molecular weight excluding hydrogens is 244 g/mol. The van der Waals surface area contributed by atoms with Crippen molar-refractivity contribution in [1.29, 1.82) is 0 Å². The third-order valence-electron chi connectivity index (χ3n) is 3.07. The number of aromatic amines is 1. The molecule has 96 valence electrons. The Bertz CT molecular complexity index is 766. The fraction of sp³-hybridized carbons (Fsp3) is 0.154. The number of nitrogens with zero attached hydrogens (tertiary/aromatic N) is 3. The van der Waals surface area contributed by atoms with Crippen LogP contribution in [0.4, 0.5) is 0 Å². The summed E-state index contributed by atoms with van der Waals surface area (Å²) in [6, 6.07) is 4.83. The number of carboxylic acids is 1. The van der Waals surface area contributed by atoms with Crippen molar-refractivity contribution in [3.63, 3.8) is 0 Å². The molecule has 0 saturated carbocycles. The zero-order valence-electron chi connectivity index (χ0n) is 10.5. The smallest absolute Gasteiger partial charge is 0.335 e. The average molecular weight is 256 g/mol. The standard InChI is InChI=1S/C13H12N4O2/c1-7-6-14-17(2)11(7)12-15-9-4-3-8(13(18)19)5-10(9)16-12/h3-6H,1-2H3,(H,15,16)(H,18,19). The molecule has 0 fully saturated rings. The quantitative estimate of drug-likeness (QED) is 0.734. The van der Waals surface area contributed by atoms with E-state index in [0.717, 1.165) is 16.8 Å². The highest BCUT2D eigenvalue weighted by Crippen LogP contribution is 2.23. The molecule has 0 amide bonds. The van der Waals surface area contributed by atoms with Crippen LogP contribution < -0.4 is 0 Å². The van der Waals surface area contributed by atoms with Gasteiger partial charge in [0.15, 0.2) is 5.82 Å². The highest BCUT2D eigenvalue weighted by Gasteiger charge is 2.13. The first kappa shape index (κ1) is 11.5. The van der Waals surface area contributed by atoms with Crippen molar-refractivity contribution in [2.45, 2.75) is 6.92 Å². The van der Waals surface area contributed by atoms with Crippen LogP contribution in [-0.4, -0.2) is 30.8 Å². The van der Waals surface area contributed by atoms with Crippen LogP contribution in [-0.2, 0) is 7.05 Å². The number of aryl methyl sites for hydroxylation is 2. The predicted octanol–water partition coefficient (Wildman–Crippen LogP) is 1.97. The van der Waals surface area contributed by atoms with Crippen LogP contribution in [0, 0.1) is 6.92 Å². The number of carboxylic acid groups (broad SMARTS) is 1. The number of aromatic nitrogens is 4. The van der Waals surface area contributed by atoms with E-state index in [1.807, 2.05) is 14.0 Å². The van der Waals surface area contributed by atoms with Crippen LogP contribution in [0.3, 0.4) is 0 Å². The Morgan fingerprint density at radius 3 is 2.84 bits per heavy atom. The van der Waals surface area contributed by atoms with Crippen LogP contribution >= 0.6 is 0 Å². The zero-order valence-corrected chi connectivity index (χ0v) is 10.5. The lowest BCUT2D eigenvalue weighted by Gasteiger charge is -1.98. The van der Waals surface area contributed by atoms with Crippen LogP contribution in [0.25, 0.3) is 22.6 Å². The molecule has 0 saturated heterocycles. The summed E-state index contributed by atoms with van der Waals surface area (Å²) in [4.78, 5) is 18.5. The van der Waals surface area contributed by atoms with Crippen LogP contribution in [0.15, 0.2) is 24.4 Å². The van der Waals surface area contributed by atoms with Gasteiger partial charge in [0.1, 0.15) is 5.69 Å². The highest BCUT2D eigenvalue weighted by molar-refractivity contribution is 5.92. The summed E-state index contributed by atoms with van der Waals surface area (Å²) in [5, 5.41) is 13.1. The molecule has 3 rings (SSSR count). The third kappa shape index (κ3) is 1.77. The average Bonchev–Trinajstić information content (AvgIpc) is 2.91. The number of hydrogen-bond donors (Lipinski definition) is 2. The van der Waals surface area contributed by atoms with Gasteiger partial charge in [0, 0.05) is 7.05 Å². The molecule has 0 atom stereocenters. The first-order chi connectivity index (χ1) is 9.06. The summed E-state index contributed by atoms with van der Waals surface area (Å²) in [5.74, 6) is -0.259. The number of nitrogens with one attached hydrogen (secondary N) is 1. The lowest BCUT2D eigenvalue weighted by atomic mass is 10.2. The number of aromatic carboxylic acids is 1. The topological polar surface area (TPSA) is 83.8 Å². The van der Waals surface area contributed by atoms with Crippen molar-refractivity contribution in [2.75, 3.05) is 0 Å². The van der Waals surface area contributed by atoms with Gasteiger partial charge in [-0.05, 0) is 30.7 Å². The van der Waals surface area contributed by atoms with E-state index < -0.39 is 5.97 Å². The van der Waals surface area contributed by atoms with Gasteiger partial charge in [0.2, 0.25) is 0 Å². The molecule has 1 aromatic carbocycles. The second-order valence-corrected chi connectivity index (χ2v) is 4.42. The summed E-state index contributed by atoms with van der Waals surface area (Å²) in [6.07, 6.45) is 1.77. The summed E-state index contributed by atoms with van der Waals surface area (Å²) in [7, 11) is 1.85. The Hall–Kier alpha value is -2.63. The second-order valence-electron chi connectivity index (χ2n) is 4.42. The minimum atomic E-state index is -0.949. The molecule has 6 heteroatoms. The van der Waals surface area contributed by atoms with Gasteiger partial charge in [-0.1, -0.05) is 0 Å². The highest BCUT2D eigenvalue weighted by atomic mass is 16.4. The fourth-order valence-corrected chi connectivity index (χ4v) is 2.14. The van der Waals surface area contributed by atoms with Crippen molar-refractivity contribution < 1.29 is 9.90 Å². The van der Waals surface area contributed by atoms with Crippen molar-refractivity contribution in [2.24, 2.45) is 7.05 Å². The monoisotopic (exact) mass is 256 g/mol. The van der Waals surface area contributed by atoms with E-state index in [9.17, 15) is 4.79 Å². The third-order valence-corrected chi connectivity index (χ3v) is 3.07. The largest absolute Gasteiger partial charge is 0.478 e. The van der Waals surface area contributed by atoms with Crippen molar-refractivity contribution in [1.82, 2.24) is 19.7 Å². The molecule has 0 aliphatic carbocycles. The number of imidazole rings is 1. The Labute approximate surface area is 108 Å². The minimum Gasteiger partial charge on any atom is -0.478 e. The summed E-state index contributed by atoms with van der Waals surface area (Å²) in [6.45, 7) is 1.96. The first-order valence-electron chi connectivity index (χ1n) is 5.78. The van der Waals surface area contributed by atoms with Crippen molar-refractivity contribution in [3.05, 3.63) is 35.5 Å². The molecule has 2 N–H and O–H groups in total. The Morgan fingerprint density at radius 2 is 2.21 bits per heavy atom. The molecule has 3 aromatic rings. The van der Waals surface area contributed by atoms with Gasteiger partial charge < -0.3 is 10.1 Å². The van der Waals surface area contributed by atoms with Gasteiger partial charge in [0.25, 0.3) is 0 Å². The van der Waals surface area contributed by atoms with E-state index in [1.54, 1.807) is 29.1 Å². The summed E-state index contributed by atoms with van der Waals surface area (Å²) >= 11 is 0. The zero-order chi connectivity index (χ0) is 13.6. The van der Waals surface area contributed by atoms with Crippen molar-refractivity contribution in [3.8, 4) is 11.5 Å². The molecule has 2 heterocycles. The van der Waals surface area contributed by atoms with Gasteiger partial charge in [-0.3, -0.25) is 4.68 Å². The first-order valence-corrected chi connectivity index (χ1v) is 5.78. The van der Waals surface area contributed by atoms with Gasteiger partial charge in [0.05, 0.1) is 22.8 Å². The molecule has 19 heavy (non-hydrogen) atoms. The molecule has 0 unspecified atom stereocenters. The number of rotatable bonds is 2. The van der Waals surface area contributed by atoms with E-state index in [-0.39, 0.29) is 5.56 Å². The van der Waals surface area contributed by atoms with E-state index in [4.69, 9.17) is 5.11 Å². The molecule has 6 nitrogen and oxygen atoms in total. The second kappa shape index (κ2) is 3.94. The number of hydrogen-bond acceptors (Lipinski definition) is 3. The molecule has 0 spiro atoms. The molecule has 0 aliphatic rings. The number of carbonyl (C=O) groups is 1. The van der Waals surface area contributed by atoms with E-state index in [2.05, 4.69) is 15.1 Å². The van der Waals surface area contributed by atoms with Gasteiger partial charge in [-0.15, -0.1) is 0 Å². The van der Waals surface area contributed by atoms with Crippen LogP contribution in [0.5, 0.6) is 0 Å². The fourth-order valence-electron chi connectivity index (χ4n) is 2.14. The predicted molar refractivity (Wildman–Crippen MR) is 70.0 cm³/mol. The van der Waals surface area contributed by atoms with Gasteiger partial charge >= 0.3 is 5.97 Å². The Balaban J connectivity index is 2.19. The van der Waals surface area contributed by atoms with E-state index in [0.29, 0.717) is 11.3 Å². The SMILES string of the molecule is Cc1cnn(C)c1-c1nc2ccc(C(=O)O)cc2[nH]1. The minimum absolute atomic E-state index is 0.240. The van der Waals surface area contributed by atoms with E-state index >= 15 is 0 Å². The summed E-state index contributed by atoms with van der Waals surface area (Å²) < 4.78 is 1.74. The number of benzene rings is 1. The Morgan fingerprint density at radius 1 is 1.42 bits per heavy atom. The number of H-pyrrole nitrogens is 1. The maximum Gasteiger partial charge on any atom is 0.335 e. The van der Waals surface area contributed by atoms with Crippen LogP contribution in [0.2, 0.25) is 0 Å². The Kier molecular flexibility index (Phi) is 2.38. The maximum atomic E-state index is 10.9. The molecule has 0 bridgehead atoms. The molecular formula is C13H12N4O2. The molecule has 2 aromatic heterocycles. The van der Waals surface area contributed by atoms with E-state index in [1.165, 1.54) is 0 Å². The normalized spacial score (nSPS) is 11.1. The van der Waals surface area contributed by atoms with Crippen LogP contribution in [0.1, 0.15) is 15.9 Å². The summed E-state index contributed by atoms with van der Waals surface area (Å²) in [5.41, 5.74) is 3.59. The maximum absolute atomic E-state index is 10.9. The van der Waals surface area contributed by atoms with Gasteiger partial charge in [-0.25, -0.2) is 9.78 Å². The lowest BCUT2D eigenvalue weighted by molar-refractivity contribution is 0.0697. The lowest BCUT2D eigenvalue weighted by Crippen LogP contribution is -1.95. The van der Waals surface area contributed by atoms with Gasteiger partial charge in [-0.2, -0.15) is 5.10 Å². The molecule has 0 aliphatic heterocycles. The van der Waals surface area contributed by atoms with Crippen molar-refractivity contribution >= 4 is 17.0 Å². The molecule has 0 radical (unpaired) electrons. The number of fused-ring (bicyclic) bond motifs is 1.